The lowest BCUT2D eigenvalue weighted by Crippen LogP contribution is -2.35. The first kappa shape index (κ1) is 24.9. The number of carbonyl (C=O) groups is 1. The zero-order valence-electron chi connectivity index (χ0n) is 16.5. The molecule has 7 nitrogen and oxygen atoms in total. The fourth-order valence-electron chi connectivity index (χ4n) is 2.35. The van der Waals surface area contributed by atoms with E-state index in [1.807, 2.05) is 0 Å². The summed E-state index contributed by atoms with van der Waals surface area (Å²) < 4.78 is 68.2. The summed E-state index contributed by atoms with van der Waals surface area (Å²) in [5.74, 6) is -0.600. The maximum atomic E-state index is 12.5. The number of hydrogen-bond acceptors (Lipinski definition) is 5. The average molecular weight is 481 g/mol. The monoisotopic (exact) mass is 480 g/mol. The number of nitrogens with one attached hydrogen (secondary N) is 1. The molecule has 0 radical (unpaired) electrons. The van der Waals surface area contributed by atoms with Crippen LogP contribution in [-0.2, 0) is 16.2 Å². The number of aliphatic hydroxyl groups is 1. The summed E-state index contributed by atoms with van der Waals surface area (Å²) in [6, 6.07) is 7.59. The minimum atomic E-state index is -4.47. The van der Waals surface area contributed by atoms with Crippen LogP contribution in [0.3, 0.4) is 0 Å². The van der Waals surface area contributed by atoms with Crippen LogP contribution in [0.25, 0.3) is 0 Å². The van der Waals surface area contributed by atoms with Crippen LogP contribution in [0, 0.1) is 0 Å². The van der Waals surface area contributed by atoms with Gasteiger partial charge in [-0.05, 0) is 42.5 Å². The Morgan fingerprint density at radius 3 is 2.35 bits per heavy atom. The summed E-state index contributed by atoms with van der Waals surface area (Å²) in [5, 5.41) is 12.4. The maximum absolute atomic E-state index is 12.5. The third-order valence-corrected chi connectivity index (χ3v) is 6.22. The van der Waals surface area contributed by atoms with Gasteiger partial charge in [0.2, 0.25) is 10.0 Å². The first-order valence-electron chi connectivity index (χ1n) is 8.80. The van der Waals surface area contributed by atoms with E-state index >= 15 is 0 Å². The molecule has 0 fully saturated rings. The van der Waals surface area contributed by atoms with Gasteiger partial charge in [-0.1, -0.05) is 11.6 Å². The van der Waals surface area contributed by atoms with Crippen LogP contribution in [0.2, 0.25) is 5.02 Å². The van der Waals surface area contributed by atoms with Gasteiger partial charge in [-0.25, -0.2) is 12.7 Å². The first-order valence-corrected chi connectivity index (χ1v) is 10.6. The molecule has 2 N–H and O–H groups in total. The number of benzene rings is 2. The topological polar surface area (TPSA) is 95.9 Å². The van der Waals surface area contributed by atoms with Gasteiger partial charge in [0.1, 0.15) is 18.5 Å². The van der Waals surface area contributed by atoms with Crippen LogP contribution >= 0.6 is 11.6 Å². The number of alkyl halides is 3. The fraction of sp³-hybridized carbons (Fsp3) is 0.316. The second-order valence-corrected chi connectivity index (χ2v) is 9.19. The highest BCUT2D eigenvalue weighted by Crippen LogP contribution is 2.30. The van der Waals surface area contributed by atoms with Gasteiger partial charge < -0.3 is 15.2 Å². The second kappa shape index (κ2) is 9.86. The summed E-state index contributed by atoms with van der Waals surface area (Å²) >= 11 is 5.99. The lowest BCUT2D eigenvalue weighted by molar-refractivity contribution is -0.137. The SMILES string of the molecule is CN(C)S(=O)(=O)c1ccc(Cl)c(C(=O)NCC(O)COc2ccc(C(F)(F)F)cc2)c1. The van der Waals surface area contributed by atoms with E-state index in [1.165, 1.54) is 26.2 Å². The molecule has 31 heavy (non-hydrogen) atoms. The van der Waals surface area contributed by atoms with Crippen molar-refractivity contribution in [3.05, 3.63) is 58.6 Å². The molecule has 0 aliphatic carbocycles. The maximum Gasteiger partial charge on any atom is 0.416 e. The van der Waals surface area contributed by atoms with Crippen molar-refractivity contribution in [3.63, 3.8) is 0 Å². The van der Waals surface area contributed by atoms with Crippen molar-refractivity contribution in [2.45, 2.75) is 17.2 Å². The molecule has 2 aromatic carbocycles. The number of amides is 1. The van der Waals surface area contributed by atoms with Crippen molar-refractivity contribution >= 4 is 27.5 Å². The molecule has 2 rings (SSSR count). The Hall–Kier alpha value is -2.34. The lowest BCUT2D eigenvalue weighted by Gasteiger charge is -2.15. The second-order valence-electron chi connectivity index (χ2n) is 6.63. The van der Waals surface area contributed by atoms with Gasteiger partial charge in [-0.15, -0.1) is 0 Å². The smallest absolute Gasteiger partial charge is 0.416 e. The molecule has 0 saturated heterocycles. The van der Waals surface area contributed by atoms with E-state index in [2.05, 4.69) is 5.32 Å². The first-order chi connectivity index (χ1) is 14.3. The molecule has 1 atom stereocenters. The fourth-order valence-corrected chi connectivity index (χ4v) is 3.48. The molecular formula is C19H20ClF3N2O5S. The Morgan fingerprint density at radius 2 is 1.81 bits per heavy atom. The van der Waals surface area contributed by atoms with Gasteiger partial charge in [-0.2, -0.15) is 13.2 Å². The van der Waals surface area contributed by atoms with Gasteiger partial charge in [0, 0.05) is 20.6 Å². The van der Waals surface area contributed by atoms with Crippen molar-refractivity contribution in [1.29, 1.82) is 0 Å². The van der Waals surface area contributed by atoms with Crippen molar-refractivity contribution in [1.82, 2.24) is 9.62 Å². The zero-order valence-corrected chi connectivity index (χ0v) is 18.1. The molecule has 0 heterocycles. The van der Waals surface area contributed by atoms with Gasteiger partial charge in [0.25, 0.3) is 5.91 Å². The Kier molecular flexibility index (Phi) is 7.93. The average Bonchev–Trinajstić information content (AvgIpc) is 2.70. The minimum absolute atomic E-state index is 0.0192. The summed E-state index contributed by atoms with van der Waals surface area (Å²) in [6.07, 6.45) is -5.65. The molecule has 0 aliphatic heterocycles. The number of ether oxygens (including phenoxy) is 1. The van der Waals surface area contributed by atoms with Crippen molar-refractivity contribution in [3.8, 4) is 5.75 Å². The Morgan fingerprint density at radius 1 is 1.19 bits per heavy atom. The van der Waals surface area contributed by atoms with E-state index in [9.17, 15) is 31.5 Å². The van der Waals surface area contributed by atoms with E-state index in [-0.39, 0.29) is 34.4 Å². The molecule has 0 spiro atoms. The zero-order chi connectivity index (χ0) is 23.4. The van der Waals surface area contributed by atoms with E-state index < -0.39 is 33.8 Å². The molecule has 12 heteroatoms. The third-order valence-electron chi connectivity index (χ3n) is 4.08. The van der Waals surface area contributed by atoms with Crippen LogP contribution in [0.1, 0.15) is 15.9 Å². The Bertz CT molecular complexity index is 1030. The molecule has 1 amide bonds. The van der Waals surface area contributed by atoms with E-state index in [0.29, 0.717) is 0 Å². The van der Waals surface area contributed by atoms with E-state index in [4.69, 9.17) is 16.3 Å². The van der Waals surface area contributed by atoms with Crippen LogP contribution in [0.4, 0.5) is 13.2 Å². The summed E-state index contributed by atoms with van der Waals surface area (Å²) in [4.78, 5) is 12.2. The van der Waals surface area contributed by atoms with Gasteiger partial charge >= 0.3 is 6.18 Å². The highest BCUT2D eigenvalue weighted by atomic mass is 35.5. The summed E-state index contributed by atoms with van der Waals surface area (Å²) in [7, 11) is -1.09. The molecule has 0 bridgehead atoms. The number of carbonyl (C=O) groups excluding carboxylic acids is 1. The van der Waals surface area contributed by atoms with Gasteiger partial charge in [0.05, 0.1) is 21.0 Å². The number of sulfonamides is 1. The number of nitrogens with zero attached hydrogens (tertiary/aromatic N) is 1. The highest BCUT2D eigenvalue weighted by Gasteiger charge is 2.30. The number of aliphatic hydroxyl groups excluding tert-OH is 1. The van der Waals surface area contributed by atoms with Crippen molar-refractivity contribution in [2.75, 3.05) is 27.2 Å². The van der Waals surface area contributed by atoms with E-state index in [0.717, 1.165) is 34.6 Å². The Labute approximate surface area is 182 Å². The largest absolute Gasteiger partial charge is 0.491 e. The van der Waals surface area contributed by atoms with Crippen LogP contribution in [0.15, 0.2) is 47.4 Å². The normalized spacial score (nSPS) is 13.2. The molecule has 1 unspecified atom stereocenters. The molecule has 0 saturated carbocycles. The number of hydrogen-bond donors (Lipinski definition) is 2. The van der Waals surface area contributed by atoms with Crippen molar-refractivity contribution in [2.24, 2.45) is 0 Å². The Balaban J connectivity index is 1.95. The van der Waals surface area contributed by atoms with Gasteiger partial charge in [-0.3, -0.25) is 4.79 Å². The molecule has 170 valence electrons. The summed E-state index contributed by atoms with van der Waals surface area (Å²) in [5.41, 5.74) is -0.927. The molecule has 0 aromatic heterocycles. The quantitative estimate of drug-likeness (QED) is 0.605. The third kappa shape index (κ3) is 6.57. The van der Waals surface area contributed by atoms with Crippen LogP contribution in [-0.4, -0.2) is 57.1 Å². The van der Waals surface area contributed by atoms with Crippen molar-refractivity contribution < 1.29 is 36.2 Å². The molecular weight excluding hydrogens is 461 g/mol. The highest BCUT2D eigenvalue weighted by molar-refractivity contribution is 7.89. The molecule has 0 aliphatic rings. The lowest BCUT2D eigenvalue weighted by atomic mass is 10.2. The molecule has 2 aromatic rings. The predicted octanol–water partition coefficient (Wildman–Crippen LogP) is 2.78. The van der Waals surface area contributed by atoms with Crippen LogP contribution in [0.5, 0.6) is 5.75 Å². The number of rotatable bonds is 8. The standard InChI is InChI=1S/C19H20ClF3N2O5S/c1-25(2)31(28,29)15-7-8-17(20)16(9-15)18(27)24-10-13(26)11-30-14-5-3-12(4-6-14)19(21,22)23/h3-9,13,26H,10-11H2,1-2H3,(H,24,27). The predicted molar refractivity (Wildman–Crippen MR) is 108 cm³/mol. The minimum Gasteiger partial charge on any atom is -0.491 e. The summed E-state index contributed by atoms with van der Waals surface area (Å²) in [6.45, 7) is -0.561. The number of halogens is 4. The van der Waals surface area contributed by atoms with E-state index in [1.54, 1.807) is 0 Å². The van der Waals surface area contributed by atoms with Crippen LogP contribution < -0.4 is 10.1 Å². The van der Waals surface area contributed by atoms with Gasteiger partial charge in [0.15, 0.2) is 0 Å².